The van der Waals surface area contributed by atoms with Crippen molar-refractivity contribution in [3.05, 3.63) is 52.5 Å². The molecule has 1 heterocycles. The van der Waals surface area contributed by atoms with Gasteiger partial charge in [-0.25, -0.2) is 0 Å². The molecule has 5 nitrogen and oxygen atoms in total. The summed E-state index contributed by atoms with van der Waals surface area (Å²) in [7, 11) is 1.51. The Bertz CT molecular complexity index is 826. The molecular formula is C18H16Cl2N2O3. The fourth-order valence-corrected chi connectivity index (χ4v) is 3.21. The lowest BCUT2D eigenvalue weighted by molar-refractivity contribution is -0.122. The van der Waals surface area contributed by atoms with Gasteiger partial charge in [-0.3, -0.25) is 9.59 Å². The molecule has 130 valence electrons. The number of halogens is 2. The molecule has 3 rings (SSSR count). The summed E-state index contributed by atoms with van der Waals surface area (Å²) in [4.78, 5) is 26.4. The Morgan fingerprint density at radius 3 is 2.72 bits per heavy atom. The van der Waals surface area contributed by atoms with Crippen molar-refractivity contribution in [2.45, 2.75) is 6.42 Å². The van der Waals surface area contributed by atoms with Gasteiger partial charge in [0.05, 0.1) is 29.4 Å². The number of benzene rings is 2. The lowest BCUT2D eigenvalue weighted by Gasteiger charge is -2.18. The first-order valence-corrected chi connectivity index (χ1v) is 8.44. The van der Waals surface area contributed by atoms with E-state index in [9.17, 15) is 9.59 Å². The van der Waals surface area contributed by atoms with Crippen LogP contribution >= 0.6 is 23.2 Å². The lowest BCUT2D eigenvalue weighted by atomic mass is 10.1. The Hall–Kier alpha value is -2.24. The quantitative estimate of drug-likeness (QED) is 0.874. The van der Waals surface area contributed by atoms with Crippen molar-refractivity contribution in [2.24, 2.45) is 5.92 Å². The Kier molecular flexibility index (Phi) is 5.16. The normalized spacial score (nSPS) is 16.8. The zero-order chi connectivity index (χ0) is 18.0. The second kappa shape index (κ2) is 7.33. The van der Waals surface area contributed by atoms with Crippen molar-refractivity contribution in [2.75, 3.05) is 23.9 Å². The van der Waals surface area contributed by atoms with Crippen LogP contribution < -0.4 is 15.0 Å². The van der Waals surface area contributed by atoms with Crippen LogP contribution in [0, 0.1) is 5.92 Å². The van der Waals surface area contributed by atoms with Gasteiger partial charge in [0.2, 0.25) is 11.8 Å². The van der Waals surface area contributed by atoms with Gasteiger partial charge in [-0.1, -0.05) is 35.3 Å². The Morgan fingerprint density at radius 2 is 2.00 bits per heavy atom. The van der Waals surface area contributed by atoms with Gasteiger partial charge in [-0.2, -0.15) is 0 Å². The fourth-order valence-electron chi connectivity index (χ4n) is 2.80. The molecule has 0 aliphatic carbocycles. The van der Waals surface area contributed by atoms with E-state index in [-0.39, 0.29) is 24.8 Å². The summed E-state index contributed by atoms with van der Waals surface area (Å²) in [5.74, 6) is -0.368. The van der Waals surface area contributed by atoms with Crippen LogP contribution in [-0.2, 0) is 9.59 Å². The van der Waals surface area contributed by atoms with Crippen LogP contribution in [0.1, 0.15) is 6.42 Å². The number of methoxy groups -OCH3 is 1. The van der Waals surface area contributed by atoms with Crippen LogP contribution in [0.4, 0.5) is 11.4 Å². The molecule has 0 aromatic heterocycles. The minimum Gasteiger partial charge on any atom is -0.495 e. The monoisotopic (exact) mass is 378 g/mol. The minimum absolute atomic E-state index is 0.125. The summed E-state index contributed by atoms with van der Waals surface area (Å²) in [6.07, 6.45) is 0.125. The number of anilines is 2. The molecule has 1 unspecified atom stereocenters. The van der Waals surface area contributed by atoms with Crippen LogP contribution in [0.25, 0.3) is 0 Å². The summed E-state index contributed by atoms with van der Waals surface area (Å²) in [6, 6.07) is 12.0. The molecule has 1 atom stereocenters. The number of carbonyl (C=O) groups is 2. The number of ether oxygens (including phenoxy) is 1. The summed E-state index contributed by atoms with van der Waals surface area (Å²) in [5.41, 5.74) is 1.09. The highest BCUT2D eigenvalue weighted by atomic mass is 35.5. The third kappa shape index (κ3) is 3.72. The van der Waals surface area contributed by atoms with Gasteiger partial charge in [0.1, 0.15) is 5.75 Å². The Morgan fingerprint density at radius 1 is 1.24 bits per heavy atom. The number of amides is 2. The zero-order valence-corrected chi connectivity index (χ0v) is 15.0. The van der Waals surface area contributed by atoms with Crippen molar-refractivity contribution >= 4 is 46.4 Å². The Labute approximate surface area is 155 Å². The number of nitrogens with one attached hydrogen (secondary N) is 1. The summed E-state index contributed by atoms with van der Waals surface area (Å²) >= 11 is 12.1. The molecule has 1 aliphatic rings. The van der Waals surface area contributed by atoms with E-state index < -0.39 is 5.92 Å². The molecule has 7 heteroatoms. The second-order valence-corrected chi connectivity index (χ2v) is 6.53. The SMILES string of the molecule is COc1ccc(Cl)cc1NC(=O)C1CC(=O)N(c2ccccc2Cl)C1. The maximum atomic E-state index is 12.6. The largest absolute Gasteiger partial charge is 0.495 e. The standard InChI is InChI=1S/C18H16Cl2N2O3/c1-25-16-7-6-12(19)9-14(16)21-18(24)11-8-17(23)22(10-11)15-5-3-2-4-13(15)20/h2-7,9,11H,8,10H2,1H3,(H,21,24). The summed E-state index contributed by atoms with van der Waals surface area (Å²) in [5, 5.41) is 3.75. The van der Waals surface area contributed by atoms with E-state index in [0.29, 0.717) is 27.2 Å². The molecule has 1 fully saturated rings. The topological polar surface area (TPSA) is 58.6 Å². The highest BCUT2D eigenvalue weighted by Crippen LogP contribution is 2.33. The van der Waals surface area contributed by atoms with E-state index in [1.165, 1.54) is 7.11 Å². The molecule has 2 amide bonds. The third-order valence-corrected chi connectivity index (χ3v) is 4.61. The molecule has 0 spiro atoms. The summed E-state index contributed by atoms with van der Waals surface area (Å²) < 4.78 is 5.22. The zero-order valence-electron chi connectivity index (χ0n) is 13.5. The number of para-hydroxylation sites is 1. The van der Waals surface area contributed by atoms with Gasteiger partial charge in [-0.15, -0.1) is 0 Å². The number of hydrogen-bond donors (Lipinski definition) is 1. The number of nitrogens with zero attached hydrogens (tertiary/aromatic N) is 1. The molecule has 1 aliphatic heterocycles. The smallest absolute Gasteiger partial charge is 0.229 e. The second-order valence-electron chi connectivity index (χ2n) is 5.69. The molecular weight excluding hydrogens is 363 g/mol. The molecule has 1 saturated heterocycles. The van der Waals surface area contributed by atoms with E-state index in [0.717, 1.165) is 0 Å². The first-order valence-electron chi connectivity index (χ1n) is 7.69. The fraction of sp³-hybridized carbons (Fsp3) is 0.222. The van der Waals surface area contributed by atoms with Crippen molar-refractivity contribution < 1.29 is 14.3 Å². The van der Waals surface area contributed by atoms with E-state index in [1.807, 2.05) is 0 Å². The molecule has 0 saturated carbocycles. The van der Waals surface area contributed by atoms with Crippen molar-refractivity contribution in [3.63, 3.8) is 0 Å². The third-order valence-electron chi connectivity index (χ3n) is 4.06. The van der Waals surface area contributed by atoms with Crippen LogP contribution in [0.2, 0.25) is 10.0 Å². The molecule has 0 radical (unpaired) electrons. The maximum Gasteiger partial charge on any atom is 0.229 e. The number of hydrogen-bond acceptors (Lipinski definition) is 3. The van der Waals surface area contributed by atoms with Crippen molar-refractivity contribution in [1.82, 2.24) is 0 Å². The van der Waals surface area contributed by atoms with Crippen LogP contribution in [-0.4, -0.2) is 25.5 Å². The average molecular weight is 379 g/mol. The molecule has 1 N–H and O–H groups in total. The van der Waals surface area contributed by atoms with Gasteiger partial charge in [-0.05, 0) is 30.3 Å². The van der Waals surface area contributed by atoms with E-state index >= 15 is 0 Å². The first kappa shape index (κ1) is 17.6. The van der Waals surface area contributed by atoms with Crippen molar-refractivity contribution in [1.29, 1.82) is 0 Å². The first-order chi connectivity index (χ1) is 12.0. The Balaban J connectivity index is 1.75. The molecule has 25 heavy (non-hydrogen) atoms. The van der Waals surface area contributed by atoms with E-state index in [1.54, 1.807) is 47.4 Å². The van der Waals surface area contributed by atoms with Gasteiger partial charge in [0, 0.05) is 18.0 Å². The lowest BCUT2D eigenvalue weighted by Crippen LogP contribution is -2.28. The number of carbonyl (C=O) groups excluding carboxylic acids is 2. The van der Waals surface area contributed by atoms with Gasteiger partial charge in [0.25, 0.3) is 0 Å². The average Bonchev–Trinajstić information content (AvgIpc) is 2.97. The van der Waals surface area contributed by atoms with Gasteiger partial charge < -0.3 is 15.0 Å². The highest BCUT2D eigenvalue weighted by Gasteiger charge is 2.36. The van der Waals surface area contributed by atoms with Crippen LogP contribution in [0.5, 0.6) is 5.75 Å². The van der Waals surface area contributed by atoms with Crippen LogP contribution in [0.3, 0.4) is 0 Å². The molecule has 2 aromatic rings. The maximum absolute atomic E-state index is 12.6. The van der Waals surface area contributed by atoms with E-state index in [2.05, 4.69) is 5.32 Å². The summed E-state index contributed by atoms with van der Waals surface area (Å²) in [6.45, 7) is 0.275. The predicted octanol–water partition coefficient (Wildman–Crippen LogP) is 3.99. The van der Waals surface area contributed by atoms with Crippen LogP contribution in [0.15, 0.2) is 42.5 Å². The highest BCUT2D eigenvalue weighted by molar-refractivity contribution is 6.34. The number of rotatable bonds is 4. The van der Waals surface area contributed by atoms with E-state index in [4.69, 9.17) is 27.9 Å². The molecule has 0 bridgehead atoms. The van der Waals surface area contributed by atoms with Gasteiger partial charge >= 0.3 is 0 Å². The van der Waals surface area contributed by atoms with Gasteiger partial charge in [0.15, 0.2) is 0 Å². The molecule has 2 aromatic carbocycles. The van der Waals surface area contributed by atoms with Crippen molar-refractivity contribution in [3.8, 4) is 5.75 Å². The minimum atomic E-state index is -0.479. The predicted molar refractivity (Wildman–Crippen MR) is 98.5 cm³/mol.